The number of aryl methyl sites for hydroxylation is 3. The lowest BCUT2D eigenvalue weighted by atomic mass is 10.00. The third-order valence-corrected chi connectivity index (χ3v) is 5.00. The smallest absolute Gasteiger partial charge is 0.0594 e. The van der Waals surface area contributed by atoms with Gasteiger partial charge in [-0.25, -0.2) is 0 Å². The second kappa shape index (κ2) is 8.61. The van der Waals surface area contributed by atoms with Crippen LogP contribution in [0.25, 0.3) is 0 Å². The summed E-state index contributed by atoms with van der Waals surface area (Å²) >= 11 is 0. The predicted octanol–water partition coefficient (Wildman–Crippen LogP) is 3.73. The van der Waals surface area contributed by atoms with Gasteiger partial charge in [0.2, 0.25) is 0 Å². The van der Waals surface area contributed by atoms with Crippen LogP contribution < -0.4 is 5.32 Å². The van der Waals surface area contributed by atoms with Gasteiger partial charge in [0.1, 0.15) is 0 Å². The highest BCUT2D eigenvalue weighted by Gasteiger charge is 2.10. The minimum Gasteiger partial charge on any atom is -0.379 e. The molecule has 1 heterocycles. The molecule has 1 fully saturated rings. The zero-order valence-corrected chi connectivity index (χ0v) is 15.8. The number of hydrogen-bond acceptors (Lipinski definition) is 3. The van der Waals surface area contributed by atoms with E-state index in [1.54, 1.807) is 0 Å². The second-order valence-corrected chi connectivity index (χ2v) is 7.19. The number of rotatable bonds is 6. The lowest BCUT2D eigenvalue weighted by Gasteiger charge is -2.26. The van der Waals surface area contributed by atoms with E-state index in [1.807, 2.05) is 0 Å². The van der Waals surface area contributed by atoms with E-state index in [0.29, 0.717) is 0 Å². The fourth-order valence-corrected chi connectivity index (χ4v) is 3.60. The summed E-state index contributed by atoms with van der Waals surface area (Å²) < 4.78 is 5.41. The summed E-state index contributed by atoms with van der Waals surface area (Å²) in [4.78, 5) is 2.46. The van der Waals surface area contributed by atoms with Crippen LogP contribution in [0, 0.1) is 20.8 Å². The number of hydrogen-bond donors (Lipinski definition) is 1. The highest BCUT2D eigenvalue weighted by atomic mass is 16.5. The minimum atomic E-state index is 0.861. The minimum absolute atomic E-state index is 0.861. The van der Waals surface area contributed by atoms with E-state index in [2.05, 4.69) is 67.4 Å². The fourth-order valence-electron chi connectivity index (χ4n) is 3.60. The maximum atomic E-state index is 5.41. The monoisotopic (exact) mass is 338 g/mol. The molecule has 134 valence electrons. The van der Waals surface area contributed by atoms with E-state index < -0.39 is 0 Å². The van der Waals surface area contributed by atoms with Crippen LogP contribution in [-0.4, -0.2) is 31.2 Å². The van der Waals surface area contributed by atoms with Gasteiger partial charge >= 0.3 is 0 Å². The van der Waals surface area contributed by atoms with Crippen molar-refractivity contribution in [3.05, 3.63) is 69.8 Å². The largest absolute Gasteiger partial charge is 0.379 e. The molecule has 1 aliphatic rings. The number of morpholine rings is 1. The molecule has 0 radical (unpaired) electrons. The Kier molecular flexibility index (Phi) is 6.24. The molecule has 0 atom stereocenters. The van der Waals surface area contributed by atoms with E-state index >= 15 is 0 Å². The fraction of sp³-hybridized carbons (Fsp3) is 0.455. The van der Waals surface area contributed by atoms with Crippen LogP contribution in [-0.2, 0) is 24.4 Å². The van der Waals surface area contributed by atoms with E-state index in [0.717, 1.165) is 45.9 Å². The highest BCUT2D eigenvalue weighted by molar-refractivity contribution is 5.37. The van der Waals surface area contributed by atoms with Crippen molar-refractivity contribution in [2.24, 2.45) is 0 Å². The first-order chi connectivity index (χ1) is 12.1. The Morgan fingerprint density at radius 2 is 1.48 bits per heavy atom. The number of nitrogens with one attached hydrogen (secondary N) is 1. The molecule has 1 N–H and O–H groups in total. The van der Waals surface area contributed by atoms with Gasteiger partial charge in [0.15, 0.2) is 0 Å². The van der Waals surface area contributed by atoms with Gasteiger partial charge in [-0.1, -0.05) is 42.0 Å². The van der Waals surface area contributed by atoms with Crippen LogP contribution >= 0.6 is 0 Å². The Morgan fingerprint density at radius 1 is 0.880 bits per heavy atom. The summed E-state index contributed by atoms with van der Waals surface area (Å²) in [5, 5.41) is 3.59. The van der Waals surface area contributed by atoms with Crippen molar-refractivity contribution in [3.8, 4) is 0 Å². The average Bonchev–Trinajstić information content (AvgIpc) is 2.59. The third-order valence-electron chi connectivity index (χ3n) is 5.00. The molecule has 0 aliphatic carbocycles. The first-order valence-electron chi connectivity index (χ1n) is 9.27. The Labute approximate surface area is 152 Å². The van der Waals surface area contributed by atoms with Gasteiger partial charge < -0.3 is 10.1 Å². The Hall–Kier alpha value is -1.68. The van der Waals surface area contributed by atoms with Crippen molar-refractivity contribution in [3.63, 3.8) is 0 Å². The Morgan fingerprint density at radius 3 is 2.12 bits per heavy atom. The Bertz CT molecular complexity index is 665. The van der Waals surface area contributed by atoms with Crippen LogP contribution in [0.4, 0.5) is 0 Å². The molecule has 1 aliphatic heterocycles. The molecule has 3 nitrogen and oxygen atoms in total. The molecule has 0 saturated carbocycles. The summed E-state index contributed by atoms with van der Waals surface area (Å²) in [6.07, 6.45) is 0. The highest BCUT2D eigenvalue weighted by Crippen LogP contribution is 2.16. The molecule has 25 heavy (non-hydrogen) atoms. The van der Waals surface area contributed by atoms with E-state index in [1.165, 1.54) is 33.4 Å². The quantitative estimate of drug-likeness (QED) is 0.868. The van der Waals surface area contributed by atoms with Gasteiger partial charge in [-0.2, -0.15) is 0 Å². The molecule has 2 aromatic carbocycles. The van der Waals surface area contributed by atoms with E-state index in [4.69, 9.17) is 4.74 Å². The molecule has 0 unspecified atom stereocenters. The zero-order chi connectivity index (χ0) is 17.6. The first kappa shape index (κ1) is 18.1. The third kappa shape index (κ3) is 5.15. The van der Waals surface area contributed by atoms with Crippen LogP contribution in [0.3, 0.4) is 0 Å². The van der Waals surface area contributed by atoms with Gasteiger partial charge in [-0.05, 0) is 48.6 Å². The molecule has 1 saturated heterocycles. The van der Waals surface area contributed by atoms with Gasteiger partial charge in [0.25, 0.3) is 0 Å². The van der Waals surface area contributed by atoms with Crippen molar-refractivity contribution in [1.82, 2.24) is 10.2 Å². The van der Waals surface area contributed by atoms with Crippen LogP contribution in [0.5, 0.6) is 0 Å². The van der Waals surface area contributed by atoms with Gasteiger partial charge in [-0.15, -0.1) is 0 Å². The standard InChI is InChI=1S/C22H30N2O/c1-17-12-18(2)22(19(3)13-17)15-23-14-20-4-6-21(7-5-20)16-24-8-10-25-11-9-24/h4-7,12-13,23H,8-11,14-16H2,1-3H3. The zero-order valence-electron chi connectivity index (χ0n) is 15.8. The van der Waals surface area contributed by atoms with Gasteiger partial charge in [0.05, 0.1) is 13.2 Å². The molecule has 0 amide bonds. The summed E-state index contributed by atoms with van der Waals surface area (Å²) in [5.74, 6) is 0. The summed E-state index contributed by atoms with van der Waals surface area (Å²) in [6.45, 7) is 13.2. The van der Waals surface area contributed by atoms with Crippen LogP contribution in [0.2, 0.25) is 0 Å². The Balaban J connectivity index is 1.50. The molecule has 3 heteroatoms. The summed E-state index contributed by atoms with van der Waals surface area (Å²) in [5.41, 5.74) is 8.25. The second-order valence-electron chi connectivity index (χ2n) is 7.19. The first-order valence-corrected chi connectivity index (χ1v) is 9.27. The van der Waals surface area contributed by atoms with Crippen LogP contribution in [0.15, 0.2) is 36.4 Å². The molecule has 2 aromatic rings. The SMILES string of the molecule is Cc1cc(C)c(CNCc2ccc(CN3CCOCC3)cc2)c(C)c1. The van der Waals surface area contributed by atoms with E-state index in [-0.39, 0.29) is 0 Å². The molecular weight excluding hydrogens is 308 g/mol. The predicted molar refractivity (Wildman–Crippen MR) is 104 cm³/mol. The maximum Gasteiger partial charge on any atom is 0.0594 e. The maximum absolute atomic E-state index is 5.41. The van der Waals surface area contributed by atoms with Crippen molar-refractivity contribution < 1.29 is 4.74 Å². The van der Waals surface area contributed by atoms with Crippen LogP contribution in [0.1, 0.15) is 33.4 Å². The van der Waals surface area contributed by atoms with Crippen molar-refractivity contribution in [2.45, 2.75) is 40.4 Å². The van der Waals surface area contributed by atoms with Crippen molar-refractivity contribution in [2.75, 3.05) is 26.3 Å². The lowest BCUT2D eigenvalue weighted by Crippen LogP contribution is -2.35. The molecule has 0 bridgehead atoms. The average molecular weight is 338 g/mol. The topological polar surface area (TPSA) is 24.5 Å². The van der Waals surface area contributed by atoms with Gasteiger partial charge in [-0.3, -0.25) is 4.90 Å². The normalized spacial score (nSPS) is 15.5. The lowest BCUT2D eigenvalue weighted by molar-refractivity contribution is 0.0342. The number of benzene rings is 2. The number of ether oxygens (including phenoxy) is 1. The molecule has 0 spiro atoms. The molecule has 3 rings (SSSR count). The van der Waals surface area contributed by atoms with Gasteiger partial charge in [0, 0.05) is 32.7 Å². The summed E-state index contributed by atoms with van der Waals surface area (Å²) in [7, 11) is 0. The van der Waals surface area contributed by atoms with Crippen molar-refractivity contribution in [1.29, 1.82) is 0 Å². The number of nitrogens with zero attached hydrogens (tertiary/aromatic N) is 1. The molecular formula is C22H30N2O. The summed E-state index contributed by atoms with van der Waals surface area (Å²) in [6, 6.07) is 13.5. The van der Waals surface area contributed by atoms with Crippen molar-refractivity contribution >= 4 is 0 Å². The van der Waals surface area contributed by atoms with E-state index in [9.17, 15) is 0 Å². The molecule has 0 aromatic heterocycles.